The second-order valence-electron chi connectivity index (χ2n) is 6.44. The van der Waals surface area contributed by atoms with Crippen molar-refractivity contribution < 1.29 is 22.3 Å². The topological polar surface area (TPSA) is 84.5 Å². The molecule has 1 atom stereocenters. The van der Waals surface area contributed by atoms with E-state index in [1.807, 2.05) is 0 Å². The van der Waals surface area contributed by atoms with Crippen LogP contribution in [0.1, 0.15) is 18.4 Å². The first-order chi connectivity index (χ1) is 13.3. The van der Waals surface area contributed by atoms with Gasteiger partial charge in [0.05, 0.1) is 17.4 Å². The van der Waals surface area contributed by atoms with E-state index >= 15 is 0 Å². The number of amides is 1. The zero-order chi connectivity index (χ0) is 20.1. The fourth-order valence-corrected chi connectivity index (χ4v) is 4.17. The van der Waals surface area contributed by atoms with Gasteiger partial charge in [0.25, 0.3) is 0 Å². The zero-order valence-corrected chi connectivity index (χ0v) is 16.5. The van der Waals surface area contributed by atoms with Crippen LogP contribution in [-0.2, 0) is 26.0 Å². The van der Waals surface area contributed by atoms with Crippen molar-refractivity contribution in [2.75, 3.05) is 18.5 Å². The average molecular weight is 427 g/mol. The number of nitrogens with one attached hydrogen (secondary N) is 2. The quantitative estimate of drug-likeness (QED) is 0.712. The molecule has 1 saturated heterocycles. The standard InChI is InChI=1S/C19H20ClFN2O4S/c20-17-4-1-5-18(21)16(17)11-19(24)23-13-6-8-15(9-7-13)28(25,26)22-12-14-3-2-10-27-14/h1,4-9,14,22H,2-3,10-12H2,(H,23,24). The van der Waals surface area contributed by atoms with Crippen LogP contribution in [0.15, 0.2) is 47.4 Å². The van der Waals surface area contributed by atoms with E-state index < -0.39 is 21.7 Å². The van der Waals surface area contributed by atoms with Gasteiger partial charge in [0.2, 0.25) is 15.9 Å². The lowest BCUT2D eigenvalue weighted by atomic mass is 10.1. The molecule has 9 heteroatoms. The third kappa shape index (κ3) is 5.29. The third-order valence-corrected chi connectivity index (χ3v) is 6.17. The largest absolute Gasteiger partial charge is 0.377 e. The molecular weight excluding hydrogens is 407 g/mol. The molecule has 1 aliphatic heterocycles. The van der Waals surface area contributed by atoms with E-state index in [1.54, 1.807) is 0 Å². The van der Waals surface area contributed by atoms with Crippen molar-refractivity contribution in [3.63, 3.8) is 0 Å². The van der Waals surface area contributed by atoms with Crippen molar-refractivity contribution >= 4 is 33.2 Å². The van der Waals surface area contributed by atoms with Crippen LogP contribution in [0.25, 0.3) is 0 Å². The number of hydrogen-bond donors (Lipinski definition) is 2. The molecular formula is C19H20ClFN2O4S. The first-order valence-electron chi connectivity index (χ1n) is 8.79. The molecule has 0 saturated carbocycles. The highest BCUT2D eigenvalue weighted by Crippen LogP contribution is 2.21. The van der Waals surface area contributed by atoms with Gasteiger partial charge in [-0.1, -0.05) is 17.7 Å². The summed E-state index contributed by atoms with van der Waals surface area (Å²) < 4.78 is 46.4. The van der Waals surface area contributed by atoms with Crippen LogP contribution in [0.4, 0.5) is 10.1 Å². The SMILES string of the molecule is O=C(Cc1c(F)cccc1Cl)Nc1ccc(S(=O)(=O)NCC2CCCO2)cc1. The minimum Gasteiger partial charge on any atom is -0.377 e. The Morgan fingerprint density at radius 3 is 2.61 bits per heavy atom. The smallest absolute Gasteiger partial charge is 0.240 e. The zero-order valence-electron chi connectivity index (χ0n) is 15.0. The van der Waals surface area contributed by atoms with Gasteiger partial charge in [0.15, 0.2) is 0 Å². The normalized spacial score (nSPS) is 16.9. The summed E-state index contributed by atoms with van der Waals surface area (Å²) in [6.07, 6.45) is 1.44. The molecule has 2 aromatic rings. The molecule has 3 rings (SSSR count). The van der Waals surface area contributed by atoms with Gasteiger partial charge < -0.3 is 10.1 Å². The Kier molecular flexibility index (Phi) is 6.66. The minimum atomic E-state index is -3.66. The summed E-state index contributed by atoms with van der Waals surface area (Å²) in [6, 6.07) is 9.94. The number of ether oxygens (including phenoxy) is 1. The van der Waals surface area contributed by atoms with Crippen molar-refractivity contribution in [1.82, 2.24) is 4.72 Å². The van der Waals surface area contributed by atoms with Crippen LogP contribution in [0.2, 0.25) is 5.02 Å². The number of benzene rings is 2. The number of sulfonamides is 1. The van der Waals surface area contributed by atoms with E-state index in [4.69, 9.17) is 16.3 Å². The van der Waals surface area contributed by atoms with E-state index in [0.29, 0.717) is 12.3 Å². The molecule has 2 aromatic carbocycles. The number of halogens is 2. The van der Waals surface area contributed by atoms with E-state index in [9.17, 15) is 17.6 Å². The lowest BCUT2D eigenvalue weighted by Gasteiger charge is -2.12. The molecule has 1 fully saturated rings. The van der Waals surface area contributed by atoms with Crippen LogP contribution in [0, 0.1) is 5.82 Å². The van der Waals surface area contributed by atoms with Crippen molar-refractivity contribution in [3.05, 3.63) is 58.9 Å². The lowest BCUT2D eigenvalue weighted by Crippen LogP contribution is -2.31. The second kappa shape index (κ2) is 9.00. The lowest BCUT2D eigenvalue weighted by molar-refractivity contribution is -0.115. The van der Waals surface area contributed by atoms with E-state index in [-0.39, 0.29) is 34.6 Å². The molecule has 0 bridgehead atoms. The van der Waals surface area contributed by atoms with Crippen molar-refractivity contribution in [1.29, 1.82) is 0 Å². The highest BCUT2D eigenvalue weighted by Gasteiger charge is 2.20. The Morgan fingerprint density at radius 1 is 1.21 bits per heavy atom. The molecule has 1 heterocycles. The molecule has 1 amide bonds. The van der Waals surface area contributed by atoms with E-state index in [1.165, 1.54) is 42.5 Å². The first kappa shape index (κ1) is 20.7. The predicted molar refractivity (Wildman–Crippen MR) is 104 cm³/mol. The fourth-order valence-electron chi connectivity index (χ4n) is 2.88. The van der Waals surface area contributed by atoms with Crippen LogP contribution in [-0.4, -0.2) is 33.6 Å². The number of hydrogen-bond acceptors (Lipinski definition) is 4. The maximum atomic E-state index is 13.8. The average Bonchev–Trinajstić information content (AvgIpc) is 3.17. The van der Waals surface area contributed by atoms with Gasteiger partial charge in [0.1, 0.15) is 5.82 Å². The molecule has 0 aromatic heterocycles. The third-order valence-electron chi connectivity index (χ3n) is 4.37. The number of carbonyl (C=O) groups excluding carboxylic acids is 1. The highest BCUT2D eigenvalue weighted by molar-refractivity contribution is 7.89. The maximum absolute atomic E-state index is 13.8. The fraction of sp³-hybridized carbons (Fsp3) is 0.316. The summed E-state index contributed by atoms with van der Waals surface area (Å²) in [5.41, 5.74) is 0.509. The summed E-state index contributed by atoms with van der Waals surface area (Å²) in [5.74, 6) is -1.01. The monoisotopic (exact) mass is 426 g/mol. The Morgan fingerprint density at radius 2 is 1.96 bits per heavy atom. The number of anilines is 1. The molecule has 1 unspecified atom stereocenters. The van der Waals surface area contributed by atoms with E-state index in [0.717, 1.165) is 12.8 Å². The Labute approximate surface area is 168 Å². The Balaban J connectivity index is 1.59. The maximum Gasteiger partial charge on any atom is 0.240 e. The number of rotatable bonds is 7. The second-order valence-corrected chi connectivity index (χ2v) is 8.61. The van der Waals surface area contributed by atoms with Crippen molar-refractivity contribution in [3.8, 4) is 0 Å². The molecule has 0 radical (unpaired) electrons. The van der Waals surface area contributed by atoms with Gasteiger partial charge in [-0.15, -0.1) is 0 Å². The summed E-state index contributed by atoms with van der Waals surface area (Å²) in [6.45, 7) is 0.878. The first-order valence-corrected chi connectivity index (χ1v) is 10.7. The summed E-state index contributed by atoms with van der Waals surface area (Å²) >= 11 is 5.92. The molecule has 2 N–H and O–H groups in total. The molecule has 28 heavy (non-hydrogen) atoms. The molecule has 6 nitrogen and oxygen atoms in total. The summed E-state index contributed by atoms with van der Waals surface area (Å²) in [5, 5.41) is 2.78. The molecule has 0 spiro atoms. The molecule has 1 aliphatic rings. The van der Waals surface area contributed by atoms with Crippen molar-refractivity contribution in [2.45, 2.75) is 30.3 Å². The van der Waals surface area contributed by atoms with Gasteiger partial charge in [-0.3, -0.25) is 4.79 Å². The van der Waals surface area contributed by atoms with Gasteiger partial charge >= 0.3 is 0 Å². The van der Waals surface area contributed by atoms with Crippen LogP contribution >= 0.6 is 11.6 Å². The van der Waals surface area contributed by atoms with Gasteiger partial charge in [0, 0.05) is 29.4 Å². The van der Waals surface area contributed by atoms with Gasteiger partial charge in [-0.2, -0.15) is 0 Å². The van der Waals surface area contributed by atoms with Crippen LogP contribution < -0.4 is 10.0 Å². The molecule has 0 aliphatic carbocycles. The Bertz CT molecular complexity index is 925. The van der Waals surface area contributed by atoms with Crippen molar-refractivity contribution in [2.24, 2.45) is 0 Å². The Hall–Kier alpha value is -2.00. The van der Waals surface area contributed by atoms with Crippen LogP contribution in [0.5, 0.6) is 0 Å². The summed E-state index contributed by atoms with van der Waals surface area (Å²) in [7, 11) is -3.66. The minimum absolute atomic E-state index is 0.0839. The van der Waals surface area contributed by atoms with E-state index in [2.05, 4.69) is 10.0 Å². The number of carbonyl (C=O) groups is 1. The summed E-state index contributed by atoms with van der Waals surface area (Å²) in [4.78, 5) is 12.2. The van der Waals surface area contributed by atoms with Crippen LogP contribution in [0.3, 0.4) is 0 Å². The molecule has 150 valence electrons. The van der Waals surface area contributed by atoms with Gasteiger partial charge in [-0.25, -0.2) is 17.5 Å². The highest BCUT2D eigenvalue weighted by atomic mass is 35.5. The van der Waals surface area contributed by atoms with Gasteiger partial charge in [-0.05, 0) is 49.2 Å². The predicted octanol–water partition coefficient (Wildman–Crippen LogP) is 3.12.